The molecule has 0 aromatic heterocycles. The van der Waals surface area contributed by atoms with E-state index < -0.39 is 0 Å². The normalized spacial score (nSPS) is 10.6. The number of carbonyl (C=O) groups is 1. The molecule has 0 spiro atoms. The summed E-state index contributed by atoms with van der Waals surface area (Å²) in [4.78, 5) is 12.1. The number of hydrogen-bond donors (Lipinski definition) is 1. The van der Waals surface area contributed by atoms with Crippen LogP contribution in [0.3, 0.4) is 0 Å². The van der Waals surface area contributed by atoms with E-state index in [9.17, 15) is 4.79 Å². The number of amides is 1. The highest BCUT2D eigenvalue weighted by atomic mass is 35.5. The third-order valence-corrected chi connectivity index (χ3v) is 4.43. The maximum atomic E-state index is 12.1. The molecule has 1 N–H and O–H groups in total. The zero-order valence-electron chi connectivity index (χ0n) is 12.4. The average Bonchev–Trinajstić information content (AvgIpc) is 2.58. The van der Waals surface area contributed by atoms with Gasteiger partial charge in [0.1, 0.15) is 5.75 Å². The summed E-state index contributed by atoms with van der Waals surface area (Å²) >= 11 is 17.8. The van der Waals surface area contributed by atoms with E-state index >= 15 is 0 Å². The van der Waals surface area contributed by atoms with E-state index in [0.717, 1.165) is 10.8 Å². The Bertz CT molecular complexity index is 907. The maximum Gasteiger partial charge on any atom is 0.262 e. The van der Waals surface area contributed by atoms with Crippen molar-refractivity contribution in [3.63, 3.8) is 0 Å². The van der Waals surface area contributed by atoms with Gasteiger partial charge in [-0.1, -0.05) is 71.2 Å². The summed E-state index contributed by atoms with van der Waals surface area (Å²) in [6, 6.07) is 16.5. The molecule has 3 aromatic rings. The number of fused-ring (bicyclic) bond motifs is 1. The Balaban J connectivity index is 1.71. The Morgan fingerprint density at radius 2 is 1.62 bits per heavy atom. The summed E-state index contributed by atoms with van der Waals surface area (Å²) in [7, 11) is 0. The van der Waals surface area contributed by atoms with Gasteiger partial charge in [0.25, 0.3) is 5.91 Å². The van der Waals surface area contributed by atoms with Crippen molar-refractivity contribution in [2.45, 2.75) is 0 Å². The summed E-state index contributed by atoms with van der Waals surface area (Å²) in [6.07, 6.45) is 0. The van der Waals surface area contributed by atoms with E-state index in [1.165, 1.54) is 12.1 Å². The van der Waals surface area contributed by atoms with Gasteiger partial charge in [-0.25, -0.2) is 0 Å². The van der Waals surface area contributed by atoms with Crippen LogP contribution in [0, 0.1) is 0 Å². The summed E-state index contributed by atoms with van der Waals surface area (Å²) in [5, 5.41) is 5.59. The largest absolute Gasteiger partial charge is 0.483 e. The lowest BCUT2D eigenvalue weighted by Crippen LogP contribution is -2.20. The van der Waals surface area contributed by atoms with E-state index in [-0.39, 0.29) is 12.5 Å². The monoisotopic (exact) mass is 379 g/mol. The number of ether oxygens (including phenoxy) is 1. The van der Waals surface area contributed by atoms with Crippen molar-refractivity contribution in [3.05, 3.63) is 69.7 Å². The Morgan fingerprint density at radius 1 is 0.917 bits per heavy atom. The van der Waals surface area contributed by atoms with Crippen LogP contribution in [0.15, 0.2) is 54.6 Å². The van der Waals surface area contributed by atoms with Gasteiger partial charge in [-0.3, -0.25) is 4.79 Å². The first kappa shape index (κ1) is 16.9. The van der Waals surface area contributed by atoms with Crippen molar-refractivity contribution in [1.82, 2.24) is 0 Å². The molecule has 0 aliphatic carbocycles. The molecular formula is C18H12Cl3NO2. The van der Waals surface area contributed by atoms with E-state index in [4.69, 9.17) is 39.5 Å². The van der Waals surface area contributed by atoms with Crippen molar-refractivity contribution >= 4 is 57.2 Å². The van der Waals surface area contributed by atoms with E-state index in [2.05, 4.69) is 5.32 Å². The molecule has 0 aliphatic heterocycles. The molecule has 0 heterocycles. The minimum absolute atomic E-state index is 0.148. The third kappa shape index (κ3) is 3.75. The molecule has 1 amide bonds. The Hall–Kier alpha value is -1.94. The second-order valence-corrected chi connectivity index (χ2v) is 6.28. The highest BCUT2D eigenvalue weighted by Gasteiger charge is 2.11. The van der Waals surface area contributed by atoms with Gasteiger partial charge >= 0.3 is 0 Å². The van der Waals surface area contributed by atoms with Gasteiger partial charge in [0, 0.05) is 5.39 Å². The predicted octanol–water partition coefficient (Wildman–Crippen LogP) is 5.82. The van der Waals surface area contributed by atoms with Crippen LogP contribution in [0.2, 0.25) is 15.1 Å². The van der Waals surface area contributed by atoms with Crippen molar-refractivity contribution in [2.75, 3.05) is 11.9 Å². The molecule has 0 saturated heterocycles. The van der Waals surface area contributed by atoms with Crippen molar-refractivity contribution in [3.8, 4) is 5.75 Å². The number of rotatable bonds is 4. The van der Waals surface area contributed by atoms with Gasteiger partial charge < -0.3 is 10.1 Å². The number of benzene rings is 3. The summed E-state index contributed by atoms with van der Waals surface area (Å²) in [5.41, 5.74) is 0.387. The van der Waals surface area contributed by atoms with E-state index in [1.54, 1.807) is 0 Å². The molecule has 0 atom stereocenters. The van der Waals surface area contributed by atoms with Crippen LogP contribution in [-0.4, -0.2) is 12.5 Å². The van der Waals surface area contributed by atoms with Gasteiger partial charge in [0.15, 0.2) is 6.61 Å². The van der Waals surface area contributed by atoms with Crippen molar-refractivity contribution in [1.29, 1.82) is 0 Å². The Labute approximate surface area is 154 Å². The summed E-state index contributed by atoms with van der Waals surface area (Å²) in [6.45, 7) is -0.148. The standard InChI is InChI=1S/C18H12Cl3NO2/c19-13-8-15(21)16(9-14(13)20)22-18(23)10-24-17-7-3-5-11-4-1-2-6-12(11)17/h1-9H,10H2,(H,22,23). The Kier molecular flexibility index (Phi) is 5.14. The van der Waals surface area contributed by atoms with Crippen molar-refractivity contribution in [2.24, 2.45) is 0 Å². The fourth-order valence-electron chi connectivity index (χ4n) is 2.27. The molecule has 122 valence electrons. The number of halogens is 3. The fourth-order valence-corrected chi connectivity index (χ4v) is 2.86. The number of hydrogen-bond acceptors (Lipinski definition) is 2. The average molecular weight is 381 g/mol. The van der Waals surface area contributed by atoms with Gasteiger partial charge in [0.2, 0.25) is 0 Å². The zero-order valence-corrected chi connectivity index (χ0v) is 14.6. The Morgan fingerprint density at radius 3 is 2.46 bits per heavy atom. The molecule has 24 heavy (non-hydrogen) atoms. The minimum atomic E-state index is -0.344. The van der Waals surface area contributed by atoms with Crippen LogP contribution in [0.25, 0.3) is 10.8 Å². The molecule has 0 fully saturated rings. The maximum absolute atomic E-state index is 12.1. The fraction of sp³-hybridized carbons (Fsp3) is 0.0556. The van der Waals surface area contributed by atoms with Crippen LogP contribution < -0.4 is 10.1 Å². The number of nitrogens with one attached hydrogen (secondary N) is 1. The molecule has 3 rings (SSSR count). The van der Waals surface area contributed by atoms with E-state index in [1.807, 2.05) is 42.5 Å². The first-order chi connectivity index (χ1) is 11.5. The summed E-state index contributed by atoms with van der Waals surface area (Å²) in [5.74, 6) is 0.298. The minimum Gasteiger partial charge on any atom is -0.483 e. The molecule has 0 aliphatic rings. The van der Waals surface area contributed by atoms with Gasteiger partial charge in [-0.2, -0.15) is 0 Å². The lowest BCUT2D eigenvalue weighted by atomic mass is 10.1. The van der Waals surface area contributed by atoms with Crippen LogP contribution in [-0.2, 0) is 4.79 Å². The highest BCUT2D eigenvalue weighted by molar-refractivity contribution is 6.44. The molecule has 0 unspecified atom stereocenters. The topological polar surface area (TPSA) is 38.3 Å². The molecule has 3 nitrogen and oxygen atoms in total. The molecule has 0 bridgehead atoms. The van der Waals surface area contributed by atoms with Crippen LogP contribution >= 0.6 is 34.8 Å². The van der Waals surface area contributed by atoms with E-state index in [0.29, 0.717) is 26.5 Å². The lowest BCUT2D eigenvalue weighted by molar-refractivity contribution is -0.118. The number of carbonyl (C=O) groups excluding carboxylic acids is 1. The second-order valence-electron chi connectivity index (χ2n) is 5.06. The van der Waals surface area contributed by atoms with Crippen LogP contribution in [0.5, 0.6) is 5.75 Å². The first-order valence-electron chi connectivity index (χ1n) is 7.09. The van der Waals surface area contributed by atoms with Crippen LogP contribution in [0.4, 0.5) is 5.69 Å². The highest BCUT2D eigenvalue weighted by Crippen LogP contribution is 2.32. The second kappa shape index (κ2) is 7.31. The first-order valence-corrected chi connectivity index (χ1v) is 8.23. The predicted molar refractivity (Wildman–Crippen MR) is 99.5 cm³/mol. The van der Waals surface area contributed by atoms with Gasteiger partial charge in [-0.15, -0.1) is 0 Å². The third-order valence-electron chi connectivity index (χ3n) is 3.39. The molecule has 3 aromatic carbocycles. The van der Waals surface area contributed by atoms with Gasteiger partial charge in [-0.05, 0) is 23.6 Å². The lowest BCUT2D eigenvalue weighted by Gasteiger charge is -2.11. The molecule has 0 saturated carbocycles. The van der Waals surface area contributed by atoms with Crippen molar-refractivity contribution < 1.29 is 9.53 Å². The van der Waals surface area contributed by atoms with Gasteiger partial charge in [0.05, 0.1) is 20.8 Å². The SMILES string of the molecule is O=C(COc1cccc2ccccc12)Nc1cc(Cl)c(Cl)cc1Cl. The number of anilines is 1. The smallest absolute Gasteiger partial charge is 0.262 e. The molecule has 0 radical (unpaired) electrons. The summed E-state index contributed by atoms with van der Waals surface area (Å²) < 4.78 is 5.63. The van der Waals surface area contributed by atoms with Crippen LogP contribution in [0.1, 0.15) is 0 Å². The quantitative estimate of drug-likeness (QED) is 0.579. The molecular weight excluding hydrogens is 369 g/mol. The zero-order chi connectivity index (χ0) is 17.1. The molecule has 6 heteroatoms.